The molecule has 4 amide bonds. The van der Waals surface area contributed by atoms with Crippen molar-refractivity contribution in [2.75, 3.05) is 18.4 Å². The Labute approximate surface area is 159 Å². The third kappa shape index (κ3) is 3.04. The van der Waals surface area contributed by atoms with Gasteiger partial charge in [0.15, 0.2) is 0 Å². The molecule has 0 radical (unpaired) electrons. The van der Waals surface area contributed by atoms with Gasteiger partial charge in [-0.05, 0) is 25.0 Å². The Balaban J connectivity index is 1.39. The molecule has 28 heavy (non-hydrogen) atoms. The van der Waals surface area contributed by atoms with Crippen molar-refractivity contribution in [2.24, 2.45) is 11.8 Å². The van der Waals surface area contributed by atoms with Crippen LogP contribution >= 0.6 is 0 Å². The Bertz CT molecular complexity index is 835. The first kappa shape index (κ1) is 18.5. The van der Waals surface area contributed by atoms with Crippen LogP contribution in [0.25, 0.3) is 0 Å². The fraction of sp³-hybridized carbons (Fsp3) is 0.421. The van der Waals surface area contributed by atoms with Crippen molar-refractivity contribution in [1.82, 2.24) is 9.80 Å². The minimum absolute atomic E-state index is 0.115. The lowest BCUT2D eigenvalue weighted by atomic mass is 9.85. The van der Waals surface area contributed by atoms with Crippen LogP contribution in [0.3, 0.4) is 0 Å². The second-order valence-corrected chi connectivity index (χ2v) is 7.23. The minimum Gasteiger partial charge on any atom is -0.320 e. The number of allylic oxidation sites excluding steroid dienone is 2. The highest BCUT2D eigenvalue weighted by Crippen LogP contribution is 2.38. The highest BCUT2D eigenvalue weighted by molar-refractivity contribution is 6.06. The standard InChI is InChI=1S/C19H18F3N3O3/c20-19(21,22)14-7-3-4-8-15(14)23-18(28)24-9-11(10-24)25-16(26)12-5-1-2-6-13(12)17(25)27/h1-4,7-8,11-13H,5-6,9-10H2,(H,23,28)/t12-,13-/m1/s1. The van der Waals surface area contributed by atoms with Gasteiger partial charge in [-0.25, -0.2) is 4.79 Å². The number of carbonyl (C=O) groups is 3. The molecule has 0 unspecified atom stereocenters. The Morgan fingerprint density at radius 2 is 1.57 bits per heavy atom. The summed E-state index contributed by atoms with van der Waals surface area (Å²) in [4.78, 5) is 39.9. The van der Waals surface area contributed by atoms with Gasteiger partial charge in [-0.1, -0.05) is 24.3 Å². The van der Waals surface area contributed by atoms with Crippen molar-refractivity contribution < 1.29 is 27.6 Å². The van der Waals surface area contributed by atoms with Gasteiger partial charge in [0.1, 0.15) is 0 Å². The number of urea groups is 1. The second-order valence-electron chi connectivity index (χ2n) is 7.23. The molecule has 0 saturated carbocycles. The van der Waals surface area contributed by atoms with Gasteiger partial charge in [0, 0.05) is 13.1 Å². The van der Waals surface area contributed by atoms with Crippen molar-refractivity contribution in [3.8, 4) is 0 Å². The molecular formula is C19H18F3N3O3. The lowest BCUT2D eigenvalue weighted by Crippen LogP contribution is -2.63. The van der Waals surface area contributed by atoms with E-state index in [0.717, 1.165) is 6.07 Å². The average molecular weight is 393 g/mol. The average Bonchev–Trinajstić information content (AvgIpc) is 2.86. The van der Waals surface area contributed by atoms with E-state index in [0.29, 0.717) is 12.8 Å². The number of amides is 4. The third-order valence-corrected chi connectivity index (χ3v) is 5.53. The van der Waals surface area contributed by atoms with Crippen LogP contribution in [0.15, 0.2) is 36.4 Å². The van der Waals surface area contributed by atoms with Gasteiger partial charge < -0.3 is 10.2 Å². The largest absolute Gasteiger partial charge is 0.418 e. The first-order valence-electron chi connectivity index (χ1n) is 9.01. The van der Waals surface area contributed by atoms with E-state index in [2.05, 4.69) is 5.32 Å². The highest BCUT2D eigenvalue weighted by Gasteiger charge is 2.52. The number of para-hydroxylation sites is 1. The Hall–Kier alpha value is -2.84. The van der Waals surface area contributed by atoms with Crippen LogP contribution in [0.5, 0.6) is 0 Å². The SMILES string of the molecule is O=C(Nc1ccccc1C(F)(F)F)N1CC(N2C(=O)[C@@H]3CC=CC[C@H]3C2=O)C1. The van der Waals surface area contributed by atoms with Gasteiger partial charge in [0.05, 0.1) is 29.1 Å². The molecule has 0 aromatic heterocycles. The maximum absolute atomic E-state index is 13.0. The summed E-state index contributed by atoms with van der Waals surface area (Å²) in [5.74, 6) is -1.10. The predicted molar refractivity (Wildman–Crippen MR) is 93.0 cm³/mol. The molecule has 1 N–H and O–H groups in total. The lowest BCUT2D eigenvalue weighted by molar-refractivity contribution is -0.145. The summed E-state index contributed by atoms with van der Waals surface area (Å²) in [5.41, 5.74) is -1.25. The van der Waals surface area contributed by atoms with E-state index in [9.17, 15) is 27.6 Å². The van der Waals surface area contributed by atoms with Crippen LogP contribution in [0.2, 0.25) is 0 Å². The van der Waals surface area contributed by atoms with E-state index in [1.54, 1.807) is 0 Å². The molecule has 2 aliphatic heterocycles. The number of anilines is 1. The van der Waals surface area contributed by atoms with Crippen LogP contribution in [-0.2, 0) is 15.8 Å². The van der Waals surface area contributed by atoms with Crippen LogP contribution in [0.1, 0.15) is 18.4 Å². The summed E-state index contributed by atoms with van der Waals surface area (Å²) < 4.78 is 39.1. The molecule has 1 aromatic carbocycles. The quantitative estimate of drug-likeness (QED) is 0.621. The first-order chi connectivity index (χ1) is 13.3. The molecule has 2 atom stereocenters. The summed E-state index contributed by atoms with van der Waals surface area (Å²) in [6, 6.07) is 3.62. The fourth-order valence-electron chi connectivity index (χ4n) is 4.00. The number of carbonyl (C=O) groups excluding carboxylic acids is 3. The van der Waals surface area contributed by atoms with Crippen LogP contribution in [-0.4, -0.2) is 46.8 Å². The van der Waals surface area contributed by atoms with Gasteiger partial charge in [-0.3, -0.25) is 14.5 Å². The molecule has 2 heterocycles. The molecule has 1 aliphatic carbocycles. The minimum atomic E-state index is -4.58. The van der Waals surface area contributed by atoms with Crippen molar-refractivity contribution in [1.29, 1.82) is 0 Å². The molecule has 0 spiro atoms. The van der Waals surface area contributed by atoms with E-state index in [4.69, 9.17) is 0 Å². The maximum Gasteiger partial charge on any atom is 0.418 e. The van der Waals surface area contributed by atoms with E-state index in [1.807, 2.05) is 12.2 Å². The van der Waals surface area contributed by atoms with E-state index >= 15 is 0 Å². The zero-order valence-electron chi connectivity index (χ0n) is 14.8. The Kier molecular flexibility index (Phi) is 4.40. The molecular weight excluding hydrogens is 375 g/mol. The van der Waals surface area contributed by atoms with Crippen LogP contribution in [0, 0.1) is 11.8 Å². The van der Waals surface area contributed by atoms with E-state index in [1.165, 1.54) is 28.0 Å². The van der Waals surface area contributed by atoms with E-state index in [-0.39, 0.29) is 42.4 Å². The number of rotatable bonds is 2. The summed E-state index contributed by atoms with van der Waals surface area (Å²) in [6.07, 6.45) is 0.288. The predicted octanol–water partition coefficient (Wildman–Crippen LogP) is 2.87. The normalized spacial score (nSPS) is 25.0. The zero-order valence-corrected chi connectivity index (χ0v) is 14.8. The molecule has 9 heteroatoms. The monoisotopic (exact) mass is 393 g/mol. The van der Waals surface area contributed by atoms with Crippen LogP contribution in [0.4, 0.5) is 23.7 Å². The number of nitrogens with one attached hydrogen (secondary N) is 1. The van der Waals surface area contributed by atoms with Gasteiger partial charge in [-0.15, -0.1) is 0 Å². The fourth-order valence-corrected chi connectivity index (χ4v) is 4.00. The van der Waals surface area contributed by atoms with E-state index < -0.39 is 23.8 Å². The summed E-state index contributed by atoms with van der Waals surface area (Å²) >= 11 is 0. The summed E-state index contributed by atoms with van der Waals surface area (Å²) in [5, 5.41) is 2.27. The van der Waals surface area contributed by atoms with Gasteiger partial charge in [-0.2, -0.15) is 13.2 Å². The number of benzene rings is 1. The van der Waals surface area contributed by atoms with Crippen molar-refractivity contribution in [2.45, 2.75) is 25.1 Å². The molecule has 148 valence electrons. The molecule has 4 rings (SSSR count). The smallest absolute Gasteiger partial charge is 0.320 e. The Morgan fingerprint density at radius 3 is 2.14 bits per heavy atom. The number of halogens is 3. The van der Waals surface area contributed by atoms with Crippen molar-refractivity contribution in [3.05, 3.63) is 42.0 Å². The van der Waals surface area contributed by atoms with Gasteiger partial charge >= 0.3 is 12.2 Å². The number of likely N-dealkylation sites (tertiary alicyclic amines) is 2. The van der Waals surface area contributed by atoms with Gasteiger partial charge in [0.2, 0.25) is 11.8 Å². The Morgan fingerprint density at radius 1 is 1.00 bits per heavy atom. The molecule has 6 nitrogen and oxygen atoms in total. The number of hydrogen-bond donors (Lipinski definition) is 1. The lowest BCUT2D eigenvalue weighted by Gasteiger charge is -2.43. The topological polar surface area (TPSA) is 69.7 Å². The summed E-state index contributed by atoms with van der Waals surface area (Å²) in [6.45, 7) is 0.231. The van der Waals surface area contributed by atoms with Gasteiger partial charge in [0.25, 0.3) is 0 Å². The molecule has 3 aliphatic rings. The molecule has 1 aromatic rings. The first-order valence-corrected chi connectivity index (χ1v) is 9.01. The number of fused-ring (bicyclic) bond motifs is 1. The third-order valence-electron chi connectivity index (χ3n) is 5.53. The highest BCUT2D eigenvalue weighted by atomic mass is 19.4. The molecule has 0 bridgehead atoms. The number of hydrogen-bond acceptors (Lipinski definition) is 3. The second kappa shape index (κ2) is 6.65. The molecule has 2 saturated heterocycles. The zero-order chi connectivity index (χ0) is 20.1. The van der Waals surface area contributed by atoms with Crippen LogP contribution < -0.4 is 5.32 Å². The number of nitrogens with zero attached hydrogens (tertiary/aromatic N) is 2. The number of alkyl halides is 3. The maximum atomic E-state index is 13.0. The number of imide groups is 1. The molecule has 2 fully saturated rings. The summed E-state index contributed by atoms with van der Waals surface area (Å²) in [7, 11) is 0. The van der Waals surface area contributed by atoms with Crippen molar-refractivity contribution in [3.63, 3.8) is 0 Å². The van der Waals surface area contributed by atoms with Crippen molar-refractivity contribution >= 4 is 23.5 Å².